The van der Waals surface area contributed by atoms with Gasteiger partial charge in [0.2, 0.25) is 0 Å². The quantitative estimate of drug-likeness (QED) is 0.790. The summed E-state index contributed by atoms with van der Waals surface area (Å²) in [6.07, 6.45) is 0.950. The van der Waals surface area contributed by atoms with Gasteiger partial charge in [-0.1, -0.05) is 36.4 Å². The van der Waals surface area contributed by atoms with Crippen LogP contribution in [0, 0.1) is 6.92 Å². The van der Waals surface area contributed by atoms with E-state index in [2.05, 4.69) is 43.3 Å². The Morgan fingerprint density at radius 3 is 2.67 bits per heavy atom. The number of fused-ring (bicyclic) bond motifs is 1. The number of hydrogen-bond acceptors (Lipinski definition) is 1. The Bertz CT molecular complexity index is 472. The lowest BCUT2D eigenvalue weighted by atomic mass is 9.99. The summed E-state index contributed by atoms with van der Waals surface area (Å²) in [6, 6.07) is 13.2. The fraction of sp³-hybridized carbons (Fsp3) is 0.286. The molecule has 0 fully saturated rings. The van der Waals surface area contributed by atoms with E-state index in [1.54, 1.807) is 0 Å². The van der Waals surface area contributed by atoms with Gasteiger partial charge in [0, 0.05) is 6.04 Å². The highest BCUT2D eigenvalue weighted by Crippen LogP contribution is 2.20. The van der Waals surface area contributed by atoms with E-state index >= 15 is 0 Å². The highest BCUT2D eigenvalue weighted by atomic mass is 14.6. The van der Waals surface area contributed by atoms with Crippen molar-refractivity contribution in [3.05, 3.63) is 47.5 Å². The SMILES string of the molecule is Cc1cc(CC(C)N)cc2ccccc12. The van der Waals surface area contributed by atoms with E-state index in [1.807, 2.05) is 6.92 Å². The molecule has 2 aromatic rings. The van der Waals surface area contributed by atoms with Crippen molar-refractivity contribution in [2.75, 3.05) is 0 Å². The number of hydrogen-bond donors (Lipinski definition) is 1. The molecule has 0 heterocycles. The fourth-order valence-electron chi connectivity index (χ4n) is 2.07. The first-order chi connectivity index (χ1) is 7.16. The normalized spacial score (nSPS) is 13.0. The van der Waals surface area contributed by atoms with Crippen LogP contribution in [0.2, 0.25) is 0 Å². The van der Waals surface area contributed by atoms with Crippen LogP contribution in [0.1, 0.15) is 18.1 Å². The van der Waals surface area contributed by atoms with Crippen molar-refractivity contribution in [2.24, 2.45) is 5.73 Å². The first-order valence-electron chi connectivity index (χ1n) is 5.40. The molecule has 1 unspecified atom stereocenters. The third kappa shape index (κ3) is 2.18. The zero-order chi connectivity index (χ0) is 10.8. The number of rotatable bonds is 2. The summed E-state index contributed by atoms with van der Waals surface area (Å²) in [4.78, 5) is 0. The minimum absolute atomic E-state index is 0.227. The molecule has 1 atom stereocenters. The second-order valence-corrected chi connectivity index (χ2v) is 4.32. The van der Waals surface area contributed by atoms with Crippen LogP contribution >= 0.6 is 0 Å². The summed E-state index contributed by atoms with van der Waals surface area (Å²) in [7, 11) is 0. The van der Waals surface area contributed by atoms with Crippen LogP contribution in [-0.4, -0.2) is 6.04 Å². The molecule has 0 amide bonds. The summed E-state index contributed by atoms with van der Waals surface area (Å²) >= 11 is 0. The van der Waals surface area contributed by atoms with Gasteiger partial charge < -0.3 is 5.73 Å². The van der Waals surface area contributed by atoms with Crippen LogP contribution in [-0.2, 0) is 6.42 Å². The highest BCUT2D eigenvalue weighted by Gasteiger charge is 2.02. The standard InChI is InChI=1S/C14H17N/c1-10-7-12(8-11(2)15)9-13-5-3-4-6-14(10)13/h3-7,9,11H,8,15H2,1-2H3. The molecule has 0 saturated heterocycles. The third-order valence-corrected chi connectivity index (χ3v) is 2.69. The molecule has 0 aliphatic carbocycles. The number of benzene rings is 2. The molecule has 0 aromatic heterocycles. The molecule has 0 spiro atoms. The van der Waals surface area contributed by atoms with Gasteiger partial charge in [-0.05, 0) is 42.2 Å². The summed E-state index contributed by atoms with van der Waals surface area (Å²) in [5.74, 6) is 0. The van der Waals surface area contributed by atoms with E-state index < -0.39 is 0 Å². The van der Waals surface area contributed by atoms with E-state index in [0.29, 0.717) is 0 Å². The molecule has 0 bridgehead atoms. The second-order valence-electron chi connectivity index (χ2n) is 4.32. The number of nitrogens with two attached hydrogens (primary N) is 1. The van der Waals surface area contributed by atoms with Gasteiger partial charge in [0.25, 0.3) is 0 Å². The van der Waals surface area contributed by atoms with Crippen LogP contribution in [0.25, 0.3) is 10.8 Å². The minimum atomic E-state index is 0.227. The van der Waals surface area contributed by atoms with Gasteiger partial charge >= 0.3 is 0 Å². The minimum Gasteiger partial charge on any atom is -0.328 e. The number of aryl methyl sites for hydroxylation is 1. The fourth-order valence-corrected chi connectivity index (χ4v) is 2.07. The summed E-state index contributed by atoms with van der Waals surface area (Å²) in [5, 5.41) is 2.65. The van der Waals surface area contributed by atoms with Crippen molar-refractivity contribution >= 4 is 10.8 Å². The summed E-state index contributed by atoms with van der Waals surface area (Å²) in [5.41, 5.74) is 8.49. The molecule has 0 aliphatic rings. The van der Waals surface area contributed by atoms with E-state index in [0.717, 1.165) is 6.42 Å². The Labute approximate surface area is 90.9 Å². The third-order valence-electron chi connectivity index (χ3n) is 2.69. The van der Waals surface area contributed by atoms with Crippen LogP contribution in [0.15, 0.2) is 36.4 Å². The van der Waals surface area contributed by atoms with Crippen LogP contribution in [0.5, 0.6) is 0 Å². The smallest absolute Gasteiger partial charge is 0.00509 e. The Morgan fingerprint density at radius 2 is 1.93 bits per heavy atom. The van der Waals surface area contributed by atoms with E-state index in [-0.39, 0.29) is 6.04 Å². The van der Waals surface area contributed by atoms with Crippen LogP contribution in [0.4, 0.5) is 0 Å². The Morgan fingerprint density at radius 1 is 1.20 bits per heavy atom. The molecule has 15 heavy (non-hydrogen) atoms. The van der Waals surface area contributed by atoms with Gasteiger partial charge in [0.15, 0.2) is 0 Å². The van der Waals surface area contributed by atoms with Gasteiger partial charge in [0.05, 0.1) is 0 Å². The van der Waals surface area contributed by atoms with E-state index in [4.69, 9.17) is 5.73 Å². The maximum Gasteiger partial charge on any atom is 0.00509 e. The van der Waals surface area contributed by atoms with Crippen molar-refractivity contribution in [1.82, 2.24) is 0 Å². The highest BCUT2D eigenvalue weighted by molar-refractivity contribution is 5.86. The van der Waals surface area contributed by atoms with Gasteiger partial charge in [0.1, 0.15) is 0 Å². The maximum absolute atomic E-state index is 5.82. The van der Waals surface area contributed by atoms with Gasteiger partial charge in [-0.2, -0.15) is 0 Å². The lowest BCUT2D eigenvalue weighted by Gasteiger charge is -2.09. The second kappa shape index (κ2) is 4.03. The topological polar surface area (TPSA) is 26.0 Å². The molecular formula is C14H17N. The molecule has 2 aromatic carbocycles. The molecule has 2 rings (SSSR count). The van der Waals surface area contributed by atoms with Crippen molar-refractivity contribution in [3.8, 4) is 0 Å². The van der Waals surface area contributed by atoms with Gasteiger partial charge in [-0.25, -0.2) is 0 Å². The molecule has 2 N–H and O–H groups in total. The van der Waals surface area contributed by atoms with Crippen molar-refractivity contribution in [3.63, 3.8) is 0 Å². The van der Waals surface area contributed by atoms with E-state index in [1.165, 1.54) is 21.9 Å². The Balaban J connectivity index is 2.52. The average Bonchev–Trinajstić information content (AvgIpc) is 2.16. The molecule has 1 nitrogen and oxygen atoms in total. The largest absolute Gasteiger partial charge is 0.328 e. The molecule has 78 valence electrons. The van der Waals surface area contributed by atoms with Crippen molar-refractivity contribution in [2.45, 2.75) is 26.3 Å². The molecule has 0 saturated carbocycles. The Kier molecular flexibility index (Phi) is 2.74. The predicted octanol–water partition coefficient (Wildman–Crippen LogP) is 3.04. The zero-order valence-electron chi connectivity index (χ0n) is 9.33. The van der Waals surface area contributed by atoms with Crippen molar-refractivity contribution in [1.29, 1.82) is 0 Å². The molecular weight excluding hydrogens is 182 g/mol. The summed E-state index contributed by atoms with van der Waals surface area (Å²) < 4.78 is 0. The van der Waals surface area contributed by atoms with Crippen LogP contribution in [0.3, 0.4) is 0 Å². The Hall–Kier alpha value is -1.34. The van der Waals surface area contributed by atoms with Gasteiger partial charge in [-0.3, -0.25) is 0 Å². The average molecular weight is 199 g/mol. The molecule has 0 radical (unpaired) electrons. The van der Waals surface area contributed by atoms with E-state index in [9.17, 15) is 0 Å². The molecule has 0 aliphatic heterocycles. The predicted molar refractivity (Wildman–Crippen MR) is 66.0 cm³/mol. The monoisotopic (exact) mass is 199 g/mol. The van der Waals surface area contributed by atoms with Crippen LogP contribution < -0.4 is 5.73 Å². The maximum atomic E-state index is 5.82. The lowest BCUT2D eigenvalue weighted by Crippen LogP contribution is -2.17. The lowest BCUT2D eigenvalue weighted by molar-refractivity contribution is 0.738. The first kappa shape index (κ1) is 10.2. The summed E-state index contributed by atoms with van der Waals surface area (Å²) in [6.45, 7) is 4.21. The molecule has 1 heteroatoms. The van der Waals surface area contributed by atoms with Crippen molar-refractivity contribution < 1.29 is 0 Å². The van der Waals surface area contributed by atoms with Gasteiger partial charge in [-0.15, -0.1) is 0 Å². The zero-order valence-corrected chi connectivity index (χ0v) is 9.33. The first-order valence-corrected chi connectivity index (χ1v) is 5.40.